The van der Waals surface area contributed by atoms with Crippen molar-refractivity contribution in [1.29, 1.82) is 0 Å². The van der Waals surface area contributed by atoms with Gasteiger partial charge in [0, 0.05) is 12.4 Å². The summed E-state index contributed by atoms with van der Waals surface area (Å²) in [6.45, 7) is 0. The smallest absolute Gasteiger partial charge is 0.123 e. The summed E-state index contributed by atoms with van der Waals surface area (Å²) in [4.78, 5) is 4.27. The maximum atomic E-state index is 13.6. The van der Waals surface area contributed by atoms with Gasteiger partial charge in [0.2, 0.25) is 0 Å². The zero-order valence-electron chi connectivity index (χ0n) is 15.6. The van der Waals surface area contributed by atoms with E-state index in [0.29, 0.717) is 0 Å². The number of hydrogen-bond donors (Lipinski definition) is 0. The highest BCUT2D eigenvalue weighted by atomic mass is 19.1. The van der Waals surface area contributed by atoms with Crippen molar-refractivity contribution in [2.24, 2.45) is 5.10 Å². The molecular weight excluding hydrogens is 363 g/mol. The van der Waals surface area contributed by atoms with E-state index in [0.717, 1.165) is 22.5 Å². The van der Waals surface area contributed by atoms with E-state index in [-0.39, 0.29) is 17.9 Å². The molecule has 0 radical (unpaired) electrons. The Morgan fingerprint density at radius 1 is 0.759 bits per heavy atom. The van der Waals surface area contributed by atoms with E-state index in [9.17, 15) is 4.39 Å². The Balaban J connectivity index is 1.71. The van der Waals surface area contributed by atoms with Crippen molar-refractivity contribution in [3.63, 3.8) is 0 Å². The van der Waals surface area contributed by atoms with Crippen LogP contribution in [0.4, 0.5) is 10.1 Å². The summed E-state index contributed by atoms with van der Waals surface area (Å²) in [6, 6.07) is 26.8. The molecule has 5 heteroatoms. The maximum absolute atomic E-state index is 13.6. The minimum absolute atomic E-state index is 0.0765. The van der Waals surface area contributed by atoms with Gasteiger partial charge in [-0.2, -0.15) is 5.10 Å². The summed E-state index contributed by atoms with van der Waals surface area (Å²) in [5.41, 5.74) is 3.97. The topological polar surface area (TPSA) is 33.4 Å². The van der Waals surface area contributed by atoms with Crippen LogP contribution >= 0.6 is 0 Å². The van der Waals surface area contributed by atoms with Gasteiger partial charge in [0.1, 0.15) is 17.9 Å². The van der Waals surface area contributed by atoms with Crippen LogP contribution in [0.3, 0.4) is 0 Å². The average molecular weight is 382 g/mol. The number of anilines is 1. The Bertz CT molecular complexity index is 1110. The molecule has 3 aromatic carbocycles. The van der Waals surface area contributed by atoms with Gasteiger partial charge >= 0.3 is 0 Å². The first kappa shape index (κ1) is 17.4. The normalized spacial score (nSPS) is 18.7. The van der Waals surface area contributed by atoms with Crippen LogP contribution in [0.5, 0.6) is 0 Å². The van der Waals surface area contributed by atoms with E-state index in [1.54, 1.807) is 18.3 Å². The minimum atomic E-state index is -0.261. The highest BCUT2D eigenvalue weighted by Gasteiger charge is 2.40. The molecule has 0 unspecified atom stereocenters. The third kappa shape index (κ3) is 3.21. The van der Waals surface area contributed by atoms with Crippen molar-refractivity contribution in [1.82, 2.24) is 9.55 Å². The minimum Gasteiger partial charge on any atom is -0.326 e. The van der Waals surface area contributed by atoms with Crippen LogP contribution in [0.1, 0.15) is 23.2 Å². The zero-order valence-corrected chi connectivity index (χ0v) is 15.6. The van der Waals surface area contributed by atoms with E-state index in [1.807, 2.05) is 53.9 Å². The van der Waals surface area contributed by atoms with Gasteiger partial charge in [-0.3, -0.25) is 5.01 Å². The van der Waals surface area contributed by atoms with Gasteiger partial charge in [-0.05, 0) is 35.4 Å². The Morgan fingerprint density at radius 2 is 1.45 bits per heavy atom. The van der Waals surface area contributed by atoms with Gasteiger partial charge in [-0.1, -0.05) is 60.7 Å². The zero-order chi connectivity index (χ0) is 19.6. The summed E-state index contributed by atoms with van der Waals surface area (Å²) >= 11 is 0. The fraction of sp³-hybridized carbons (Fsp3) is 0.0833. The summed E-state index contributed by atoms with van der Waals surface area (Å²) in [6.07, 6.45) is 5.58. The standard InChI is InChI=1S/C24H19FN4/c25-20-11-13-21(14-12-20)29-23(19-9-5-2-6-10-19)24(28-16-15-26-17-28)22(27-29)18-7-3-1-4-8-18/h1-17,23-24H/t23-,24+/m1/s1. The molecule has 0 spiro atoms. The van der Waals surface area contributed by atoms with Crippen LogP contribution in [0.15, 0.2) is 109 Å². The molecule has 5 rings (SSSR count). The van der Waals surface area contributed by atoms with E-state index in [4.69, 9.17) is 5.10 Å². The third-order valence-electron chi connectivity index (χ3n) is 5.21. The molecule has 2 heterocycles. The molecule has 142 valence electrons. The van der Waals surface area contributed by atoms with Crippen molar-refractivity contribution in [3.8, 4) is 0 Å². The number of nitrogens with zero attached hydrogens (tertiary/aromatic N) is 4. The molecule has 1 aliphatic rings. The Hall–Kier alpha value is -3.73. The molecule has 0 aliphatic carbocycles. The van der Waals surface area contributed by atoms with Crippen molar-refractivity contribution in [3.05, 3.63) is 121 Å². The number of halogens is 1. The predicted molar refractivity (Wildman–Crippen MR) is 112 cm³/mol. The maximum Gasteiger partial charge on any atom is 0.123 e. The van der Waals surface area contributed by atoms with Gasteiger partial charge in [0.15, 0.2) is 0 Å². The lowest BCUT2D eigenvalue weighted by atomic mass is 9.92. The van der Waals surface area contributed by atoms with Crippen molar-refractivity contribution in [2.45, 2.75) is 12.1 Å². The second kappa shape index (κ2) is 7.36. The lowest BCUT2D eigenvalue weighted by Crippen LogP contribution is -2.27. The van der Waals surface area contributed by atoms with E-state index >= 15 is 0 Å². The lowest BCUT2D eigenvalue weighted by Gasteiger charge is -2.29. The first-order valence-corrected chi connectivity index (χ1v) is 9.52. The predicted octanol–water partition coefficient (Wildman–Crippen LogP) is 5.23. The Labute approximate surface area is 168 Å². The molecule has 0 fully saturated rings. The monoisotopic (exact) mass is 382 g/mol. The molecule has 29 heavy (non-hydrogen) atoms. The molecule has 4 nitrogen and oxygen atoms in total. The molecular formula is C24H19FN4. The molecule has 0 saturated heterocycles. The summed E-state index contributed by atoms with van der Waals surface area (Å²) < 4.78 is 15.7. The number of hydrazone groups is 1. The fourth-order valence-electron chi connectivity index (χ4n) is 3.88. The second-order valence-corrected chi connectivity index (χ2v) is 6.98. The molecule has 1 aromatic heterocycles. The van der Waals surface area contributed by atoms with Crippen molar-refractivity contribution >= 4 is 11.4 Å². The van der Waals surface area contributed by atoms with Gasteiger partial charge in [0.05, 0.1) is 17.7 Å². The molecule has 0 saturated carbocycles. The lowest BCUT2D eigenvalue weighted by molar-refractivity contribution is 0.526. The van der Waals surface area contributed by atoms with Crippen LogP contribution in [-0.4, -0.2) is 15.3 Å². The van der Waals surface area contributed by atoms with Crippen LogP contribution in [-0.2, 0) is 0 Å². The molecule has 2 atom stereocenters. The molecule has 0 bridgehead atoms. The second-order valence-electron chi connectivity index (χ2n) is 6.98. The molecule has 0 N–H and O–H groups in total. The largest absolute Gasteiger partial charge is 0.326 e. The van der Waals surface area contributed by atoms with E-state index in [2.05, 4.69) is 33.8 Å². The number of hydrogen-bond acceptors (Lipinski definition) is 3. The number of rotatable bonds is 4. The van der Waals surface area contributed by atoms with Gasteiger partial charge in [-0.15, -0.1) is 0 Å². The number of imidazole rings is 1. The van der Waals surface area contributed by atoms with Crippen molar-refractivity contribution < 1.29 is 4.39 Å². The Morgan fingerprint density at radius 3 is 2.10 bits per heavy atom. The first-order valence-electron chi connectivity index (χ1n) is 9.52. The van der Waals surface area contributed by atoms with Crippen molar-refractivity contribution in [2.75, 3.05) is 5.01 Å². The summed E-state index contributed by atoms with van der Waals surface area (Å²) in [7, 11) is 0. The highest BCUT2D eigenvalue weighted by molar-refractivity contribution is 6.06. The van der Waals surface area contributed by atoms with Crippen LogP contribution in [0, 0.1) is 5.82 Å². The third-order valence-corrected chi connectivity index (χ3v) is 5.21. The van der Waals surface area contributed by atoms with Gasteiger partial charge < -0.3 is 4.57 Å². The average Bonchev–Trinajstić information content (AvgIpc) is 3.43. The highest BCUT2D eigenvalue weighted by Crippen LogP contribution is 2.43. The van der Waals surface area contributed by atoms with Crippen LogP contribution in [0.25, 0.3) is 0 Å². The molecule has 0 amide bonds. The van der Waals surface area contributed by atoms with Gasteiger partial charge in [-0.25, -0.2) is 9.37 Å². The number of benzene rings is 3. The molecule has 4 aromatic rings. The van der Waals surface area contributed by atoms with E-state index < -0.39 is 0 Å². The fourth-order valence-corrected chi connectivity index (χ4v) is 3.88. The van der Waals surface area contributed by atoms with Crippen LogP contribution in [0.2, 0.25) is 0 Å². The SMILES string of the molecule is Fc1ccc(N2N=C(c3ccccc3)[C@H](n3ccnc3)[C@H]2c2ccccc2)cc1. The van der Waals surface area contributed by atoms with E-state index in [1.165, 1.54) is 12.1 Å². The first-order chi connectivity index (χ1) is 14.3. The number of aromatic nitrogens is 2. The summed E-state index contributed by atoms with van der Waals surface area (Å²) in [5.74, 6) is -0.261. The molecule has 1 aliphatic heterocycles. The van der Waals surface area contributed by atoms with Crippen LogP contribution < -0.4 is 5.01 Å². The Kier molecular flexibility index (Phi) is 4.41. The summed E-state index contributed by atoms with van der Waals surface area (Å²) in [5, 5.41) is 7.02. The quantitative estimate of drug-likeness (QED) is 0.484. The van der Waals surface area contributed by atoms with Gasteiger partial charge in [0.25, 0.3) is 0 Å².